The van der Waals surface area contributed by atoms with Gasteiger partial charge in [-0.3, -0.25) is 19.5 Å². The van der Waals surface area contributed by atoms with Crippen LogP contribution in [-0.4, -0.2) is 21.8 Å². The van der Waals surface area contributed by atoms with E-state index in [1.54, 1.807) is 30.5 Å². The number of carbonyl (C=O) groups excluding carboxylic acids is 2. The van der Waals surface area contributed by atoms with E-state index in [0.29, 0.717) is 16.9 Å². The van der Waals surface area contributed by atoms with Gasteiger partial charge in [-0.05, 0) is 61.9 Å². The molecule has 3 aromatic rings. The van der Waals surface area contributed by atoms with Crippen LogP contribution in [0, 0.1) is 19.7 Å². The number of anilines is 1. The van der Waals surface area contributed by atoms with Crippen LogP contribution in [0.15, 0.2) is 72.4 Å². The average molecular weight is 402 g/mol. The quantitative estimate of drug-likeness (QED) is 0.399. The molecule has 0 aliphatic carbocycles. The zero-order chi connectivity index (χ0) is 21.4. The number of ketones is 1. The van der Waals surface area contributed by atoms with Crippen molar-refractivity contribution in [3.05, 3.63) is 101 Å². The van der Waals surface area contributed by atoms with Crippen LogP contribution in [0.1, 0.15) is 28.4 Å². The van der Waals surface area contributed by atoms with E-state index < -0.39 is 23.5 Å². The summed E-state index contributed by atoms with van der Waals surface area (Å²) in [6, 6.07) is 15.0. The maximum absolute atomic E-state index is 13.4. The first kappa shape index (κ1) is 19.5. The van der Waals surface area contributed by atoms with Crippen LogP contribution in [0.4, 0.5) is 10.1 Å². The van der Waals surface area contributed by atoms with Crippen LogP contribution >= 0.6 is 0 Å². The monoisotopic (exact) mass is 402 g/mol. The minimum atomic E-state index is -0.934. The lowest BCUT2D eigenvalue weighted by molar-refractivity contribution is -0.132. The largest absolute Gasteiger partial charge is 0.507 e. The summed E-state index contributed by atoms with van der Waals surface area (Å²) < 4.78 is 13.4. The Kier molecular flexibility index (Phi) is 4.91. The molecule has 1 unspecified atom stereocenters. The van der Waals surface area contributed by atoms with Gasteiger partial charge in [-0.2, -0.15) is 0 Å². The topological polar surface area (TPSA) is 70.5 Å². The van der Waals surface area contributed by atoms with Gasteiger partial charge in [0.15, 0.2) is 0 Å². The van der Waals surface area contributed by atoms with Crippen molar-refractivity contribution in [2.24, 2.45) is 0 Å². The number of carbonyl (C=O) groups is 2. The predicted molar refractivity (Wildman–Crippen MR) is 111 cm³/mol. The molecular weight excluding hydrogens is 383 g/mol. The number of hydrogen-bond donors (Lipinski definition) is 1. The number of halogens is 1. The Morgan fingerprint density at radius 2 is 1.77 bits per heavy atom. The van der Waals surface area contributed by atoms with Gasteiger partial charge in [-0.15, -0.1) is 0 Å². The Bertz CT molecular complexity index is 1170. The van der Waals surface area contributed by atoms with Crippen molar-refractivity contribution < 1.29 is 19.1 Å². The number of Topliss-reactive ketones (excluding diaryl/α,β-unsaturated/α-hetero) is 1. The minimum Gasteiger partial charge on any atom is -0.507 e. The number of aliphatic hydroxyl groups is 1. The Labute approximate surface area is 173 Å². The van der Waals surface area contributed by atoms with Gasteiger partial charge in [0.2, 0.25) is 0 Å². The fraction of sp³-hybridized carbons (Fsp3) is 0.125. The first-order chi connectivity index (χ1) is 14.4. The highest BCUT2D eigenvalue weighted by Gasteiger charge is 2.47. The van der Waals surface area contributed by atoms with Crippen LogP contribution < -0.4 is 4.90 Å². The van der Waals surface area contributed by atoms with E-state index >= 15 is 0 Å². The van der Waals surface area contributed by atoms with Gasteiger partial charge in [-0.1, -0.05) is 23.8 Å². The summed E-state index contributed by atoms with van der Waals surface area (Å²) in [4.78, 5) is 31.6. The molecule has 1 aliphatic rings. The van der Waals surface area contributed by atoms with Gasteiger partial charge in [-0.25, -0.2) is 4.39 Å². The highest BCUT2D eigenvalue weighted by molar-refractivity contribution is 6.51. The number of aromatic nitrogens is 1. The zero-order valence-electron chi connectivity index (χ0n) is 16.5. The van der Waals surface area contributed by atoms with E-state index in [1.165, 1.54) is 29.2 Å². The molecule has 30 heavy (non-hydrogen) atoms. The number of benzene rings is 2. The summed E-state index contributed by atoms with van der Waals surface area (Å²) in [5, 5.41) is 11.1. The van der Waals surface area contributed by atoms with Gasteiger partial charge >= 0.3 is 0 Å². The number of nitrogens with zero attached hydrogens (tertiary/aromatic N) is 2. The number of hydrogen-bond acceptors (Lipinski definition) is 4. The summed E-state index contributed by atoms with van der Waals surface area (Å²) >= 11 is 0. The maximum Gasteiger partial charge on any atom is 0.300 e. The second-order valence-corrected chi connectivity index (χ2v) is 7.22. The minimum absolute atomic E-state index is 0.0447. The molecule has 6 heteroatoms. The number of aliphatic hydroxyl groups excluding tert-OH is 1. The summed E-state index contributed by atoms with van der Waals surface area (Å²) in [7, 11) is 0. The highest BCUT2D eigenvalue weighted by atomic mass is 19.1. The lowest BCUT2D eigenvalue weighted by Crippen LogP contribution is -2.29. The highest BCUT2D eigenvalue weighted by Crippen LogP contribution is 2.41. The van der Waals surface area contributed by atoms with E-state index in [0.717, 1.165) is 11.1 Å². The van der Waals surface area contributed by atoms with Crippen molar-refractivity contribution in [3.63, 3.8) is 0 Å². The first-order valence-corrected chi connectivity index (χ1v) is 9.43. The molecule has 5 nitrogen and oxygen atoms in total. The van der Waals surface area contributed by atoms with Gasteiger partial charge in [0.25, 0.3) is 11.7 Å². The second-order valence-electron chi connectivity index (χ2n) is 7.22. The fourth-order valence-electron chi connectivity index (χ4n) is 3.65. The standard InChI is InChI=1S/C24H19FN2O3/c1-14-6-7-15(2)18(13-14)22(28)20-21(19-5-3-4-12-26-19)27(24(30)23(20)29)17-10-8-16(25)9-11-17/h3-13,21,28H,1-2H3/b22-20+. The van der Waals surface area contributed by atoms with Crippen LogP contribution in [-0.2, 0) is 9.59 Å². The molecule has 1 saturated heterocycles. The van der Waals surface area contributed by atoms with Gasteiger partial charge in [0, 0.05) is 17.4 Å². The molecule has 0 bridgehead atoms. The molecule has 0 spiro atoms. The lowest BCUT2D eigenvalue weighted by atomic mass is 9.95. The molecule has 1 amide bonds. The molecule has 0 saturated carbocycles. The van der Waals surface area contributed by atoms with Crippen LogP contribution in [0.25, 0.3) is 5.76 Å². The molecule has 1 atom stereocenters. The molecule has 4 rings (SSSR count). The maximum atomic E-state index is 13.4. The molecule has 2 aromatic carbocycles. The van der Waals surface area contributed by atoms with Crippen molar-refractivity contribution in [2.75, 3.05) is 4.90 Å². The van der Waals surface area contributed by atoms with E-state index in [2.05, 4.69) is 4.98 Å². The van der Waals surface area contributed by atoms with Crippen LogP contribution in [0.3, 0.4) is 0 Å². The summed E-state index contributed by atoms with van der Waals surface area (Å²) in [5.74, 6) is -2.33. The van der Waals surface area contributed by atoms with Crippen molar-refractivity contribution in [2.45, 2.75) is 19.9 Å². The number of amides is 1. The molecule has 1 fully saturated rings. The Balaban J connectivity index is 1.97. The first-order valence-electron chi connectivity index (χ1n) is 9.43. The smallest absolute Gasteiger partial charge is 0.300 e. The Morgan fingerprint density at radius 3 is 2.43 bits per heavy atom. The molecular formula is C24H19FN2O3. The Morgan fingerprint density at radius 1 is 1.03 bits per heavy atom. The number of aryl methyl sites for hydroxylation is 2. The fourth-order valence-corrected chi connectivity index (χ4v) is 3.65. The molecule has 1 aliphatic heterocycles. The van der Waals surface area contributed by atoms with Crippen molar-refractivity contribution >= 4 is 23.1 Å². The van der Waals surface area contributed by atoms with Gasteiger partial charge in [0.05, 0.1) is 11.3 Å². The van der Waals surface area contributed by atoms with E-state index in [9.17, 15) is 19.1 Å². The normalized spacial score (nSPS) is 18.1. The third-order valence-corrected chi connectivity index (χ3v) is 5.17. The van der Waals surface area contributed by atoms with Crippen LogP contribution in [0.2, 0.25) is 0 Å². The number of rotatable bonds is 3. The molecule has 2 heterocycles. The molecule has 1 aromatic heterocycles. The molecule has 150 valence electrons. The van der Waals surface area contributed by atoms with E-state index in [1.807, 2.05) is 26.0 Å². The number of pyridine rings is 1. The summed E-state index contributed by atoms with van der Waals surface area (Å²) in [5.41, 5.74) is 2.88. The molecule has 0 radical (unpaired) electrons. The lowest BCUT2D eigenvalue weighted by Gasteiger charge is -2.24. The summed E-state index contributed by atoms with van der Waals surface area (Å²) in [6.07, 6.45) is 1.55. The Hall–Kier alpha value is -3.80. The molecule has 1 N–H and O–H groups in total. The van der Waals surface area contributed by atoms with Crippen LogP contribution in [0.5, 0.6) is 0 Å². The third-order valence-electron chi connectivity index (χ3n) is 5.17. The third kappa shape index (κ3) is 3.26. The zero-order valence-corrected chi connectivity index (χ0v) is 16.5. The van der Waals surface area contributed by atoms with Crippen molar-refractivity contribution in [1.29, 1.82) is 0 Å². The van der Waals surface area contributed by atoms with Gasteiger partial charge in [0.1, 0.15) is 17.6 Å². The van der Waals surface area contributed by atoms with E-state index in [-0.39, 0.29) is 11.3 Å². The van der Waals surface area contributed by atoms with Gasteiger partial charge < -0.3 is 5.11 Å². The predicted octanol–water partition coefficient (Wildman–Crippen LogP) is 4.46. The summed E-state index contributed by atoms with van der Waals surface area (Å²) in [6.45, 7) is 3.70. The second kappa shape index (κ2) is 7.55. The van der Waals surface area contributed by atoms with Crippen molar-refractivity contribution in [1.82, 2.24) is 4.98 Å². The SMILES string of the molecule is Cc1ccc(C)c(/C(O)=C2\C(=O)C(=O)N(c3ccc(F)cc3)C2c2ccccn2)c1. The average Bonchev–Trinajstić information content (AvgIpc) is 3.01. The van der Waals surface area contributed by atoms with E-state index in [4.69, 9.17) is 0 Å². The van der Waals surface area contributed by atoms with Crippen molar-refractivity contribution in [3.8, 4) is 0 Å².